The fraction of sp³-hybridized carbons (Fsp3) is 0.500. The third kappa shape index (κ3) is 8.46. The molecule has 2 aliphatic rings. The minimum Gasteiger partial charge on any atom is -0.490 e. The number of nitrogens with zero attached hydrogens (tertiary/aromatic N) is 2. The molecule has 1 saturated carbocycles. The first-order valence-electron chi connectivity index (χ1n) is 11.3. The number of aromatic nitrogens is 1. The molecule has 2 aromatic rings. The molecule has 0 spiro atoms. The van der Waals surface area contributed by atoms with E-state index in [9.17, 15) is 0 Å². The molecule has 0 atom stereocenters. The van der Waals surface area contributed by atoms with Crippen molar-refractivity contribution in [3.63, 3.8) is 0 Å². The molecule has 174 valence electrons. The number of anilines is 1. The lowest BCUT2D eigenvalue weighted by Crippen LogP contribution is -2.32. The zero-order valence-electron chi connectivity index (χ0n) is 18.4. The summed E-state index contributed by atoms with van der Waals surface area (Å²) in [6.45, 7) is 4.48. The van der Waals surface area contributed by atoms with Gasteiger partial charge in [-0.05, 0) is 55.4 Å². The maximum atomic E-state index is 5.81. The Hall–Kier alpha value is -2.07. The number of aliphatic imine (C=N–C) groups is 1. The van der Waals surface area contributed by atoms with Crippen molar-refractivity contribution in [3.05, 3.63) is 48.3 Å². The van der Waals surface area contributed by atoms with Gasteiger partial charge in [-0.15, -0.1) is 24.0 Å². The van der Waals surface area contributed by atoms with Crippen molar-refractivity contribution in [1.29, 1.82) is 0 Å². The zero-order chi connectivity index (χ0) is 21.1. The van der Waals surface area contributed by atoms with Crippen LogP contribution in [0.2, 0.25) is 0 Å². The number of guanidine groups is 1. The van der Waals surface area contributed by atoms with Crippen LogP contribution in [0.3, 0.4) is 0 Å². The van der Waals surface area contributed by atoms with Crippen LogP contribution in [0.4, 0.5) is 5.69 Å². The van der Waals surface area contributed by atoms with E-state index in [0.717, 1.165) is 68.1 Å². The number of fused-ring (bicyclic) bond motifs is 1. The lowest BCUT2D eigenvalue weighted by molar-refractivity contribution is 0.123. The molecule has 0 saturated heterocycles. The molecule has 0 amide bonds. The van der Waals surface area contributed by atoms with Crippen molar-refractivity contribution in [2.24, 2.45) is 10.9 Å². The second kappa shape index (κ2) is 13.5. The average Bonchev–Trinajstić information content (AvgIpc) is 3.63. The highest BCUT2D eigenvalue weighted by atomic mass is 127. The fourth-order valence-corrected chi connectivity index (χ4v) is 3.28. The van der Waals surface area contributed by atoms with Gasteiger partial charge in [0.25, 0.3) is 0 Å². The van der Waals surface area contributed by atoms with Crippen molar-refractivity contribution in [2.45, 2.75) is 32.1 Å². The Morgan fingerprint density at radius 2 is 2.03 bits per heavy atom. The number of ether oxygens (including phenoxy) is 3. The van der Waals surface area contributed by atoms with Crippen LogP contribution in [0, 0.1) is 5.92 Å². The molecular formula is C24H33IN4O3. The Morgan fingerprint density at radius 3 is 2.84 bits per heavy atom. The quantitative estimate of drug-likeness (QED) is 0.199. The number of hydrogen-bond acceptors (Lipinski definition) is 5. The van der Waals surface area contributed by atoms with Gasteiger partial charge in [0.1, 0.15) is 0 Å². The predicted molar refractivity (Wildman–Crippen MR) is 137 cm³/mol. The minimum atomic E-state index is 0. The average molecular weight is 552 g/mol. The Kier molecular flexibility index (Phi) is 10.3. The summed E-state index contributed by atoms with van der Waals surface area (Å²) < 4.78 is 17.3. The van der Waals surface area contributed by atoms with Gasteiger partial charge in [-0.3, -0.25) is 9.98 Å². The Labute approximate surface area is 207 Å². The van der Waals surface area contributed by atoms with E-state index in [0.29, 0.717) is 19.8 Å². The van der Waals surface area contributed by atoms with Gasteiger partial charge >= 0.3 is 0 Å². The molecule has 0 radical (unpaired) electrons. The lowest BCUT2D eigenvalue weighted by Gasteiger charge is -2.15. The van der Waals surface area contributed by atoms with Crippen LogP contribution in [-0.2, 0) is 11.2 Å². The van der Waals surface area contributed by atoms with Gasteiger partial charge in [0, 0.05) is 56.9 Å². The number of halogens is 1. The van der Waals surface area contributed by atoms with Crippen LogP contribution in [0.1, 0.15) is 31.2 Å². The summed E-state index contributed by atoms with van der Waals surface area (Å²) in [5, 5.41) is 6.83. The third-order valence-electron chi connectivity index (χ3n) is 5.21. The second-order valence-corrected chi connectivity index (χ2v) is 7.98. The molecule has 8 heteroatoms. The van der Waals surface area contributed by atoms with Crippen molar-refractivity contribution in [3.8, 4) is 11.5 Å². The van der Waals surface area contributed by atoms with E-state index in [2.05, 4.69) is 21.7 Å². The van der Waals surface area contributed by atoms with E-state index in [1.54, 1.807) is 6.20 Å². The summed E-state index contributed by atoms with van der Waals surface area (Å²) in [6.07, 6.45) is 9.01. The standard InChI is InChI=1S/C24H32N4O3.HI/c1-4-19(17-25-10-1)9-12-27-24(26-11-2-13-29-18-20-5-6-20)28-21-7-8-22-23(16-21)31-15-3-14-30-22;/h1,4,7-8,10,16-17,20H,2-3,5-6,9,11-15,18H2,(H2,26,27,28);1H. The maximum absolute atomic E-state index is 5.81. The number of rotatable bonds is 10. The molecule has 7 nitrogen and oxygen atoms in total. The number of pyridine rings is 1. The van der Waals surface area contributed by atoms with Crippen molar-refractivity contribution >= 4 is 35.6 Å². The summed E-state index contributed by atoms with van der Waals surface area (Å²) in [7, 11) is 0. The van der Waals surface area contributed by atoms with Crippen LogP contribution >= 0.6 is 24.0 Å². The Morgan fingerprint density at radius 1 is 1.16 bits per heavy atom. The van der Waals surface area contributed by atoms with Gasteiger partial charge in [0.05, 0.1) is 13.2 Å². The molecule has 1 fully saturated rings. The molecule has 0 bridgehead atoms. The van der Waals surface area contributed by atoms with Gasteiger partial charge in [-0.1, -0.05) is 6.07 Å². The molecule has 2 heterocycles. The third-order valence-corrected chi connectivity index (χ3v) is 5.21. The number of hydrogen-bond donors (Lipinski definition) is 2. The molecule has 1 aromatic carbocycles. The minimum absolute atomic E-state index is 0. The molecule has 1 aliphatic carbocycles. The van der Waals surface area contributed by atoms with Gasteiger partial charge in [-0.25, -0.2) is 0 Å². The highest BCUT2D eigenvalue weighted by Crippen LogP contribution is 2.32. The van der Waals surface area contributed by atoms with E-state index < -0.39 is 0 Å². The van der Waals surface area contributed by atoms with Crippen LogP contribution in [0.15, 0.2) is 47.7 Å². The van der Waals surface area contributed by atoms with E-state index in [1.807, 2.05) is 30.5 Å². The number of benzene rings is 1. The van der Waals surface area contributed by atoms with E-state index in [4.69, 9.17) is 19.2 Å². The summed E-state index contributed by atoms with van der Waals surface area (Å²) in [4.78, 5) is 8.92. The molecule has 4 rings (SSSR count). The lowest BCUT2D eigenvalue weighted by atomic mass is 10.2. The normalized spacial score (nSPS) is 15.4. The SMILES string of the molecule is I.c1cncc(CCNC(=NCCCOCC2CC2)Nc2ccc3c(c2)OCCCO3)c1. The largest absolute Gasteiger partial charge is 0.490 e. The van der Waals surface area contributed by atoms with E-state index in [1.165, 1.54) is 18.4 Å². The topological polar surface area (TPSA) is 77.0 Å². The fourth-order valence-electron chi connectivity index (χ4n) is 3.28. The van der Waals surface area contributed by atoms with Gasteiger partial charge in [-0.2, -0.15) is 0 Å². The summed E-state index contributed by atoms with van der Waals surface area (Å²) in [5.41, 5.74) is 2.11. The van der Waals surface area contributed by atoms with Crippen LogP contribution in [-0.4, -0.2) is 50.5 Å². The Bertz CT molecular complexity index is 846. The van der Waals surface area contributed by atoms with Crippen LogP contribution in [0.5, 0.6) is 11.5 Å². The second-order valence-electron chi connectivity index (χ2n) is 7.98. The zero-order valence-corrected chi connectivity index (χ0v) is 20.8. The molecule has 1 aliphatic heterocycles. The summed E-state index contributed by atoms with van der Waals surface area (Å²) >= 11 is 0. The van der Waals surface area contributed by atoms with Crippen LogP contribution in [0.25, 0.3) is 0 Å². The highest BCUT2D eigenvalue weighted by Gasteiger charge is 2.20. The summed E-state index contributed by atoms with van der Waals surface area (Å²) in [5.74, 6) is 3.11. The monoisotopic (exact) mass is 552 g/mol. The molecule has 1 aromatic heterocycles. The van der Waals surface area contributed by atoms with Crippen LogP contribution < -0.4 is 20.1 Å². The van der Waals surface area contributed by atoms with E-state index >= 15 is 0 Å². The summed E-state index contributed by atoms with van der Waals surface area (Å²) in [6, 6.07) is 9.95. The first kappa shape index (κ1) is 24.6. The molecular weight excluding hydrogens is 519 g/mol. The molecule has 2 N–H and O–H groups in total. The first-order valence-corrected chi connectivity index (χ1v) is 11.3. The Balaban J connectivity index is 0.00000289. The maximum Gasteiger partial charge on any atom is 0.195 e. The van der Waals surface area contributed by atoms with E-state index in [-0.39, 0.29) is 24.0 Å². The van der Waals surface area contributed by atoms with Gasteiger partial charge < -0.3 is 24.8 Å². The molecule has 32 heavy (non-hydrogen) atoms. The van der Waals surface area contributed by atoms with Gasteiger partial charge in [0.2, 0.25) is 0 Å². The molecule has 0 unspecified atom stereocenters. The van der Waals surface area contributed by atoms with Crippen molar-refractivity contribution in [2.75, 3.05) is 44.8 Å². The predicted octanol–water partition coefficient (Wildman–Crippen LogP) is 4.28. The number of nitrogens with one attached hydrogen (secondary N) is 2. The van der Waals surface area contributed by atoms with Gasteiger partial charge in [0.15, 0.2) is 17.5 Å². The highest BCUT2D eigenvalue weighted by molar-refractivity contribution is 14.0. The van der Waals surface area contributed by atoms with Crippen molar-refractivity contribution in [1.82, 2.24) is 10.3 Å². The van der Waals surface area contributed by atoms with Crippen molar-refractivity contribution < 1.29 is 14.2 Å². The first-order chi connectivity index (χ1) is 15.4. The smallest absolute Gasteiger partial charge is 0.195 e.